The number of hydrogen-bond donors (Lipinski definition) is 4. The van der Waals surface area contributed by atoms with E-state index in [9.17, 15) is 19.5 Å². The first kappa shape index (κ1) is 27.5. The molecule has 1 aliphatic rings. The molecular weight excluding hydrogens is 530 g/mol. The van der Waals surface area contributed by atoms with Gasteiger partial charge in [0.1, 0.15) is 11.8 Å². The predicted octanol–water partition coefficient (Wildman–Crippen LogP) is 2.85. The Hall–Kier alpha value is -4.09. The SMILES string of the molecule is CC1(C)SCN(C(=O)[C@@H](O)[C@H](Cc2ccccc2)NC(=O)c2cccc3[nH]ncc23)[C@H]1C(=O)NCc1ccco1. The summed E-state index contributed by atoms with van der Waals surface area (Å²) in [6, 6.07) is 16.2. The number of amides is 3. The number of aromatic amines is 1. The van der Waals surface area contributed by atoms with Gasteiger partial charge in [0.2, 0.25) is 5.91 Å². The Balaban J connectivity index is 1.38. The fourth-order valence-corrected chi connectivity index (χ4v) is 6.10. The lowest BCUT2D eigenvalue weighted by atomic mass is 9.96. The summed E-state index contributed by atoms with van der Waals surface area (Å²) in [6.45, 7) is 3.96. The molecule has 3 amide bonds. The molecule has 208 valence electrons. The van der Waals surface area contributed by atoms with Crippen molar-refractivity contribution in [3.05, 3.63) is 90.0 Å². The van der Waals surface area contributed by atoms with Crippen LogP contribution in [0, 0.1) is 0 Å². The number of nitrogens with zero attached hydrogens (tertiary/aromatic N) is 2. The molecule has 2 aromatic heterocycles. The number of carbonyl (C=O) groups excluding carboxylic acids is 3. The van der Waals surface area contributed by atoms with Gasteiger partial charge in [-0.25, -0.2) is 0 Å². The van der Waals surface area contributed by atoms with Crippen LogP contribution < -0.4 is 10.6 Å². The van der Waals surface area contributed by atoms with Gasteiger partial charge in [0.05, 0.1) is 42.0 Å². The number of carbonyl (C=O) groups is 3. The van der Waals surface area contributed by atoms with Crippen LogP contribution in [0.2, 0.25) is 0 Å². The van der Waals surface area contributed by atoms with Gasteiger partial charge in [-0.3, -0.25) is 19.5 Å². The van der Waals surface area contributed by atoms with E-state index in [2.05, 4.69) is 20.8 Å². The molecule has 3 heterocycles. The van der Waals surface area contributed by atoms with Gasteiger partial charge < -0.3 is 25.1 Å². The van der Waals surface area contributed by atoms with Crippen molar-refractivity contribution in [1.82, 2.24) is 25.7 Å². The smallest absolute Gasteiger partial charge is 0.254 e. The van der Waals surface area contributed by atoms with E-state index >= 15 is 0 Å². The van der Waals surface area contributed by atoms with Crippen LogP contribution in [0.3, 0.4) is 0 Å². The van der Waals surface area contributed by atoms with E-state index in [1.165, 1.54) is 22.9 Å². The Bertz CT molecular complexity index is 1490. The van der Waals surface area contributed by atoms with E-state index in [0.29, 0.717) is 22.2 Å². The molecule has 0 aliphatic carbocycles. The van der Waals surface area contributed by atoms with Crippen molar-refractivity contribution in [2.45, 2.75) is 49.7 Å². The summed E-state index contributed by atoms with van der Waals surface area (Å²) < 4.78 is 4.71. The van der Waals surface area contributed by atoms with Crippen LogP contribution in [0.5, 0.6) is 0 Å². The Kier molecular flexibility index (Phi) is 7.95. The maximum atomic E-state index is 13.8. The molecular formula is C29H31N5O5S. The Labute approximate surface area is 235 Å². The highest BCUT2D eigenvalue weighted by Crippen LogP contribution is 2.40. The number of H-pyrrole nitrogens is 1. The minimum atomic E-state index is -1.59. The van der Waals surface area contributed by atoms with E-state index in [4.69, 9.17) is 4.42 Å². The second-order valence-electron chi connectivity index (χ2n) is 10.2. The van der Waals surface area contributed by atoms with E-state index < -0.39 is 34.7 Å². The number of thioether (sulfide) groups is 1. The van der Waals surface area contributed by atoms with Crippen molar-refractivity contribution in [2.24, 2.45) is 0 Å². The number of fused-ring (bicyclic) bond motifs is 1. The zero-order valence-electron chi connectivity index (χ0n) is 22.2. The minimum Gasteiger partial charge on any atom is -0.467 e. The third-order valence-corrected chi connectivity index (χ3v) is 8.45. The molecule has 10 nitrogen and oxygen atoms in total. The molecule has 0 radical (unpaired) electrons. The molecule has 1 fully saturated rings. The molecule has 3 atom stereocenters. The molecule has 0 unspecified atom stereocenters. The molecule has 1 aliphatic heterocycles. The second kappa shape index (κ2) is 11.6. The normalized spacial score (nSPS) is 17.9. The molecule has 0 saturated carbocycles. The summed E-state index contributed by atoms with van der Waals surface area (Å²) in [5.41, 5.74) is 1.91. The van der Waals surface area contributed by atoms with Crippen molar-refractivity contribution in [1.29, 1.82) is 0 Å². The average Bonchev–Trinajstić information content (AvgIpc) is 3.71. The topological polar surface area (TPSA) is 141 Å². The molecule has 2 aromatic carbocycles. The third-order valence-electron chi connectivity index (χ3n) is 7.07. The van der Waals surface area contributed by atoms with E-state index in [0.717, 1.165) is 5.56 Å². The molecule has 40 heavy (non-hydrogen) atoms. The average molecular weight is 562 g/mol. The van der Waals surface area contributed by atoms with Crippen LogP contribution in [-0.4, -0.2) is 66.7 Å². The van der Waals surface area contributed by atoms with Gasteiger partial charge >= 0.3 is 0 Å². The van der Waals surface area contributed by atoms with Crippen molar-refractivity contribution in [3.8, 4) is 0 Å². The maximum absolute atomic E-state index is 13.8. The van der Waals surface area contributed by atoms with Crippen LogP contribution in [-0.2, 0) is 22.6 Å². The van der Waals surface area contributed by atoms with Crippen LogP contribution in [0.15, 0.2) is 77.5 Å². The standard InChI is InChI=1S/C29H31N5O5S/c1-29(2)25(27(37)30-15-19-10-7-13-39-19)34(17-40-29)28(38)24(35)23(14-18-8-4-3-5-9-18)32-26(36)20-11-6-12-22-21(20)16-31-33-22/h3-13,16,23-25,35H,14-15,17H2,1-2H3,(H,30,37)(H,31,33)(H,32,36)/t23-,24-,25-/m0/s1. The van der Waals surface area contributed by atoms with E-state index in [1.54, 1.807) is 30.5 Å². The number of aliphatic hydroxyl groups is 1. The van der Waals surface area contributed by atoms with Crippen LogP contribution in [0.1, 0.15) is 35.5 Å². The lowest BCUT2D eigenvalue weighted by Crippen LogP contribution is -2.58. The summed E-state index contributed by atoms with van der Waals surface area (Å²) in [6.07, 6.45) is 1.70. The number of aromatic nitrogens is 2. The summed E-state index contributed by atoms with van der Waals surface area (Å²) in [5.74, 6) is -0.597. The fourth-order valence-electron chi connectivity index (χ4n) is 4.96. The quantitative estimate of drug-likeness (QED) is 0.246. The molecule has 0 bridgehead atoms. The summed E-state index contributed by atoms with van der Waals surface area (Å²) in [4.78, 5) is 41.9. The van der Waals surface area contributed by atoms with Gasteiger partial charge in [-0.2, -0.15) is 5.10 Å². The number of aliphatic hydroxyl groups excluding tert-OH is 1. The van der Waals surface area contributed by atoms with Crippen molar-refractivity contribution >= 4 is 40.4 Å². The molecule has 5 rings (SSSR count). The van der Waals surface area contributed by atoms with Gasteiger partial charge in [-0.15, -0.1) is 11.8 Å². The third kappa shape index (κ3) is 5.75. The summed E-state index contributed by atoms with van der Waals surface area (Å²) in [7, 11) is 0. The van der Waals surface area contributed by atoms with Crippen LogP contribution in [0.25, 0.3) is 10.9 Å². The first-order valence-electron chi connectivity index (χ1n) is 12.9. The number of nitrogens with one attached hydrogen (secondary N) is 3. The number of rotatable bonds is 9. The van der Waals surface area contributed by atoms with Crippen molar-refractivity contribution in [2.75, 3.05) is 5.88 Å². The Morgan fingerprint density at radius 3 is 2.70 bits per heavy atom. The summed E-state index contributed by atoms with van der Waals surface area (Å²) in [5, 5.41) is 24.6. The predicted molar refractivity (Wildman–Crippen MR) is 151 cm³/mol. The van der Waals surface area contributed by atoms with E-state index in [1.807, 2.05) is 50.2 Å². The molecule has 1 saturated heterocycles. The first-order chi connectivity index (χ1) is 19.2. The molecule has 4 aromatic rings. The van der Waals surface area contributed by atoms with E-state index in [-0.39, 0.29) is 24.7 Å². The second-order valence-corrected chi connectivity index (χ2v) is 11.8. The van der Waals surface area contributed by atoms with Gasteiger partial charge in [0.25, 0.3) is 11.8 Å². The Morgan fingerprint density at radius 2 is 1.95 bits per heavy atom. The van der Waals surface area contributed by atoms with Gasteiger partial charge in [0.15, 0.2) is 6.10 Å². The van der Waals surface area contributed by atoms with Gasteiger partial charge in [-0.1, -0.05) is 36.4 Å². The number of furan rings is 1. The van der Waals surface area contributed by atoms with Crippen LogP contribution >= 0.6 is 11.8 Å². The molecule has 0 spiro atoms. The lowest BCUT2D eigenvalue weighted by molar-refractivity contribution is -0.147. The number of hydrogen-bond acceptors (Lipinski definition) is 7. The monoisotopic (exact) mass is 561 g/mol. The lowest BCUT2D eigenvalue weighted by Gasteiger charge is -2.33. The highest BCUT2D eigenvalue weighted by Gasteiger charge is 2.49. The van der Waals surface area contributed by atoms with Crippen molar-refractivity contribution < 1.29 is 23.9 Å². The fraction of sp³-hybridized carbons (Fsp3) is 0.310. The highest BCUT2D eigenvalue weighted by molar-refractivity contribution is 8.00. The van der Waals surface area contributed by atoms with Crippen molar-refractivity contribution in [3.63, 3.8) is 0 Å². The largest absolute Gasteiger partial charge is 0.467 e. The first-order valence-corrected chi connectivity index (χ1v) is 13.9. The van der Waals surface area contributed by atoms with Gasteiger partial charge in [-0.05, 0) is 50.1 Å². The zero-order valence-corrected chi connectivity index (χ0v) is 23.0. The highest BCUT2D eigenvalue weighted by atomic mass is 32.2. The maximum Gasteiger partial charge on any atom is 0.254 e. The molecule has 4 N–H and O–H groups in total. The van der Waals surface area contributed by atoms with Crippen LogP contribution in [0.4, 0.5) is 0 Å². The summed E-state index contributed by atoms with van der Waals surface area (Å²) >= 11 is 1.45. The molecule has 11 heteroatoms. The Morgan fingerprint density at radius 1 is 1.15 bits per heavy atom. The minimum absolute atomic E-state index is 0.180. The number of benzene rings is 2. The van der Waals surface area contributed by atoms with Gasteiger partial charge in [0, 0.05) is 10.1 Å². The zero-order chi connectivity index (χ0) is 28.3.